The van der Waals surface area contributed by atoms with Crippen LogP contribution in [0.2, 0.25) is 0 Å². The molecule has 0 spiro atoms. The van der Waals surface area contributed by atoms with Crippen molar-refractivity contribution in [2.45, 2.75) is 25.0 Å². The second-order valence-corrected chi connectivity index (χ2v) is 3.75. The van der Waals surface area contributed by atoms with E-state index < -0.39 is 11.6 Å². The van der Waals surface area contributed by atoms with Crippen molar-refractivity contribution in [2.24, 2.45) is 16.8 Å². The molecule has 1 amide bonds. The summed E-state index contributed by atoms with van der Waals surface area (Å²) in [5.74, 6) is 4.10. The Morgan fingerprint density at radius 2 is 2.25 bits per heavy atom. The van der Waals surface area contributed by atoms with E-state index in [4.69, 9.17) is 10.6 Å². The fraction of sp³-hybridized carbons (Fsp3) is 0.778. The van der Waals surface area contributed by atoms with Crippen LogP contribution >= 0.6 is 0 Å². The number of rotatable bonds is 4. The molecule has 1 saturated heterocycles. The molecule has 1 atom stereocenters. The van der Waals surface area contributed by atoms with Crippen LogP contribution < -0.4 is 11.3 Å². The van der Waals surface area contributed by atoms with Gasteiger partial charge in [-0.15, -0.1) is 0 Å². The van der Waals surface area contributed by atoms with Gasteiger partial charge in [-0.25, -0.2) is 10.6 Å². The third kappa shape index (κ3) is 3.11. The molecule has 7 nitrogen and oxygen atoms in total. The van der Waals surface area contributed by atoms with Gasteiger partial charge in [0.1, 0.15) is 0 Å². The minimum atomic E-state index is -2.11. The predicted octanol–water partition coefficient (Wildman–Crippen LogP) is -1.18. The van der Waals surface area contributed by atoms with Crippen LogP contribution in [0.25, 0.3) is 0 Å². The Morgan fingerprint density at radius 3 is 2.75 bits per heavy atom. The lowest BCUT2D eigenvalue weighted by Gasteiger charge is -2.28. The van der Waals surface area contributed by atoms with E-state index >= 15 is 0 Å². The van der Waals surface area contributed by atoms with Gasteiger partial charge in [-0.05, 0) is 18.8 Å². The van der Waals surface area contributed by atoms with E-state index in [2.05, 4.69) is 4.99 Å². The highest BCUT2D eigenvalue weighted by Gasteiger charge is 2.38. The number of hydrogen-bond donors (Lipinski definition) is 3. The van der Waals surface area contributed by atoms with Gasteiger partial charge >= 0.3 is 0 Å². The number of amides is 1. The molecule has 1 unspecified atom stereocenters. The van der Waals surface area contributed by atoms with E-state index in [9.17, 15) is 14.7 Å². The van der Waals surface area contributed by atoms with Crippen LogP contribution in [0, 0.1) is 5.92 Å². The minimum absolute atomic E-state index is 0.0502. The topological polar surface area (TPSA) is 114 Å². The summed E-state index contributed by atoms with van der Waals surface area (Å²) in [6.07, 6.45) is 2.67. The Morgan fingerprint density at radius 1 is 1.62 bits per heavy atom. The highest BCUT2D eigenvalue weighted by atomic mass is 16.5. The summed E-state index contributed by atoms with van der Waals surface area (Å²) in [6.45, 7) is 1.16. The molecule has 0 bridgehead atoms. The number of isocyanates is 1. The third-order valence-corrected chi connectivity index (χ3v) is 2.64. The van der Waals surface area contributed by atoms with Gasteiger partial charge in [0.2, 0.25) is 11.8 Å². The standard InChI is InChI=1S/C9H15N3O4/c10-12-8(14)9(15,11-6-13)5-7-1-3-16-4-2-7/h7,15H,1-5,10H2,(H,12,14). The quantitative estimate of drug-likeness (QED) is 0.184. The molecule has 1 aliphatic heterocycles. The van der Waals surface area contributed by atoms with Gasteiger partial charge in [0, 0.05) is 19.6 Å². The summed E-state index contributed by atoms with van der Waals surface area (Å²) in [7, 11) is 0. The first kappa shape index (κ1) is 12.8. The summed E-state index contributed by atoms with van der Waals surface area (Å²) < 4.78 is 5.15. The van der Waals surface area contributed by atoms with Crippen molar-refractivity contribution in [1.82, 2.24) is 5.43 Å². The second kappa shape index (κ2) is 5.72. The molecule has 1 heterocycles. The average molecular weight is 229 g/mol. The van der Waals surface area contributed by atoms with Crippen molar-refractivity contribution in [1.29, 1.82) is 0 Å². The Labute approximate surface area is 92.6 Å². The van der Waals surface area contributed by atoms with E-state index in [0.717, 1.165) is 0 Å². The van der Waals surface area contributed by atoms with Gasteiger partial charge in [-0.2, -0.15) is 4.99 Å². The number of nitrogens with zero attached hydrogens (tertiary/aromatic N) is 1. The fourth-order valence-electron chi connectivity index (χ4n) is 1.73. The van der Waals surface area contributed by atoms with Crippen molar-refractivity contribution in [2.75, 3.05) is 13.2 Å². The largest absolute Gasteiger partial charge is 0.381 e. The maximum Gasteiger partial charge on any atom is 0.289 e. The van der Waals surface area contributed by atoms with E-state index in [1.54, 1.807) is 5.43 Å². The average Bonchev–Trinajstić information content (AvgIpc) is 2.29. The molecule has 7 heteroatoms. The smallest absolute Gasteiger partial charge is 0.289 e. The summed E-state index contributed by atoms with van der Waals surface area (Å²) in [4.78, 5) is 24.6. The van der Waals surface area contributed by atoms with Crippen molar-refractivity contribution in [3.63, 3.8) is 0 Å². The van der Waals surface area contributed by atoms with Crippen LogP contribution in [-0.2, 0) is 14.3 Å². The first-order valence-corrected chi connectivity index (χ1v) is 5.02. The highest BCUT2D eigenvalue weighted by Crippen LogP contribution is 2.26. The van der Waals surface area contributed by atoms with Crippen molar-refractivity contribution >= 4 is 12.0 Å². The molecule has 1 aliphatic rings. The lowest BCUT2D eigenvalue weighted by molar-refractivity contribution is -0.141. The fourth-order valence-corrected chi connectivity index (χ4v) is 1.73. The van der Waals surface area contributed by atoms with Crippen LogP contribution in [0.15, 0.2) is 4.99 Å². The SMILES string of the molecule is NNC(=O)C(O)(CC1CCOCC1)N=C=O. The van der Waals surface area contributed by atoms with Gasteiger partial charge in [0.15, 0.2) is 0 Å². The summed E-state index contributed by atoms with van der Waals surface area (Å²) in [5, 5.41) is 9.87. The van der Waals surface area contributed by atoms with E-state index in [0.29, 0.717) is 26.1 Å². The van der Waals surface area contributed by atoms with Crippen molar-refractivity contribution in [3.05, 3.63) is 0 Å². The van der Waals surface area contributed by atoms with Gasteiger partial charge < -0.3 is 9.84 Å². The number of hydrazine groups is 1. The number of nitrogens with two attached hydrogens (primary N) is 1. The molecule has 0 radical (unpaired) electrons. The van der Waals surface area contributed by atoms with Gasteiger partial charge in [0.25, 0.3) is 5.91 Å². The zero-order valence-electron chi connectivity index (χ0n) is 8.81. The summed E-state index contributed by atoms with van der Waals surface area (Å²) in [5.41, 5.74) is -0.325. The predicted molar refractivity (Wildman–Crippen MR) is 53.6 cm³/mol. The number of nitrogens with one attached hydrogen (secondary N) is 1. The molecule has 16 heavy (non-hydrogen) atoms. The number of aliphatic imine (C=N–C) groups is 1. The van der Waals surface area contributed by atoms with E-state index in [-0.39, 0.29) is 12.3 Å². The van der Waals surface area contributed by atoms with Crippen LogP contribution in [0.1, 0.15) is 19.3 Å². The third-order valence-electron chi connectivity index (χ3n) is 2.64. The molecule has 0 aromatic rings. The van der Waals surface area contributed by atoms with Crippen LogP contribution in [0.5, 0.6) is 0 Å². The molecular weight excluding hydrogens is 214 g/mol. The highest BCUT2D eigenvalue weighted by molar-refractivity contribution is 5.84. The Hall–Kier alpha value is -1.27. The lowest BCUT2D eigenvalue weighted by atomic mass is 9.90. The Balaban J connectivity index is 2.69. The Bertz CT molecular complexity index is 297. The van der Waals surface area contributed by atoms with E-state index in [1.807, 2.05) is 0 Å². The van der Waals surface area contributed by atoms with Crippen molar-refractivity contribution in [3.8, 4) is 0 Å². The summed E-state index contributed by atoms with van der Waals surface area (Å²) in [6, 6.07) is 0. The van der Waals surface area contributed by atoms with Gasteiger partial charge in [-0.3, -0.25) is 10.2 Å². The van der Waals surface area contributed by atoms with Gasteiger partial charge in [-0.1, -0.05) is 0 Å². The molecule has 0 saturated carbocycles. The maximum atomic E-state index is 11.3. The normalized spacial score (nSPS) is 20.6. The Kier molecular flexibility index (Phi) is 4.57. The van der Waals surface area contributed by atoms with E-state index in [1.165, 1.54) is 6.08 Å². The van der Waals surface area contributed by atoms with Crippen LogP contribution in [0.3, 0.4) is 0 Å². The number of carbonyl (C=O) groups excluding carboxylic acids is 2. The summed E-state index contributed by atoms with van der Waals surface area (Å²) >= 11 is 0. The van der Waals surface area contributed by atoms with Crippen LogP contribution in [-0.4, -0.2) is 36.0 Å². The number of aliphatic hydroxyl groups is 1. The first-order valence-electron chi connectivity index (χ1n) is 5.02. The molecule has 4 N–H and O–H groups in total. The lowest BCUT2D eigenvalue weighted by Crippen LogP contribution is -2.49. The molecule has 0 aliphatic carbocycles. The number of carbonyl (C=O) groups is 1. The molecule has 0 aromatic carbocycles. The maximum absolute atomic E-state index is 11.3. The minimum Gasteiger partial charge on any atom is -0.381 e. The zero-order valence-corrected chi connectivity index (χ0v) is 8.81. The van der Waals surface area contributed by atoms with Gasteiger partial charge in [0.05, 0.1) is 0 Å². The monoisotopic (exact) mass is 229 g/mol. The van der Waals surface area contributed by atoms with Crippen LogP contribution in [0.4, 0.5) is 0 Å². The molecule has 0 aromatic heterocycles. The zero-order chi connectivity index (χ0) is 12.0. The second-order valence-electron chi connectivity index (χ2n) is 3.75. The molecule has 1 rings (SSSR count). The number of ether oxygens (including phenoxy) is 1. The molecule has 1 fully saturated rings. The van der Waals surface area contributed by atoms with Crippen molar-refractivity contribution < 1.29 is 19.4 Å². The first-order chi connectivity index (χ1) is 7.62. The molecule has 90 valence electrons. The molecular formula is C9H15N3O4. The number of hydrogen-bond acceptors (Lipinski definition) is 6.